The van der Waals surface area contributed by atoms with Crippen LogP contribution in [0.25, 0.3) is 88.8 Å². The van der Waals surface area contributed by atoms with Gasteiger partial charge in [0.2, 0.25) is 0 Å². The van der Waals surface area contributed by atoms with E-state index in [9.17, 15) is 9.37 Å². The van der Waals surface area contributed by atoms with Gasteiger partial charge in [-0.1, -0.05) is 127 Å². The molecule has 0 bridgehead atoms. The fraction of sp³-hybridized carbons (Fsp3) is 0. The van der Waals surface area contributed by atoms with Gasteiger partial charge in [0.05, 0.1) is 19.9 Å². The molecule has 0 aliphatic carbocycles. The second-order valence-electron chi connectivity index (χ2n) is 11.0. The Labute approximate surface area is 278 Å². The topological polar surface area (TPSA) is 75.6 Å². The first-order valence-corrected chi connectivity index (χ1v) is 14.9. The van der Waals surface area contributed by atoms with E-state index in [1.54, 1.807) is 24.3 Å². The molecule has 0 unspecified atom stereocenters. The number of nitrogens with zero attached hydrogens (tertiary/aromatic N) is 4. The number of furan rings is 1. The zero-order valence-corrected chi connectivity index (χ0v) is 24.6. The molecule has 218 valence electrons. The number of para-hydroxylation sites is 1. The summed E-state index contributed by atoms with van der Waals surface area (Å²) < 4.78 is 61.0. The molecule has 0 aliphatic heterocycles. The van der Waals surface area contributed by atoms with Crippen molar-refractivity contribution in [3.05, 3.63) is 151 Å². The molecule has 0 radical (unpaired) electrons. The van der Waals surface area contributed by atoms with Crippen molar-refractivity contribution in [2.24, 2.45) is 0 Å². The van der Waals surface area contributed by atoms with Crippen LogP contribution in [0.15, 0.2) is 150 Å². The van der Waals surface area contributed by atoms with E-state index in [0.717, 1.165) is 10.8 Å². The summed E-state index contributed by atoms with van der Waals surface area (Å²) >= 11 is 0. The van der Waals surface area contributed by atoms with Gasteiger partial charge in [0.1, 0.15) is 11.2 Å². The van der Waals surface area contributed by atoms with Crippen molar-refractivity contribution in [2.75, 3.05) is 0 Å². The minimum atomic E-state index is -0.461. The van der Waals surface area contributed by atoms with Gasteiger partial charge in [-0.25, -0.2) is 15.0 Å². The van der Waals surface area contributed by atoms with Crippen molar-refractivity contribution in [1.82, 2.24) is 15.0 Å². The summed E-state index contributed by atoms with van der Waals surface area (Å²) in [5, 5.41) is 13.0. The van der Waals surface area contributed by atoms with Crippen LogP contribution < -0.4 is 0 Å². The van der Waals surface area contributed by atoms with Crippen LogP contribution >= 0.6 is 0 Å². The Balaban J connectivity index is 1.43. The fourth-order valence-corrected chi connectivity index (χ4v) is 6.24. The third-order valence-electron chi connectivity index (χ3n) is 8.33. The number of hydrogen-bond donors (Lipinski definition) is 0. The maximum absolute atomic E-state index is 10.1. The molecule has 47 heavy (non-hydrogen) atoms. The van der Waals surface area contributed by atoms with Crippen LogP contribution in [0, 0.1) is 11.3 Å². The van der Waals surface area contributed by atoms with Crippen LogP contribution in [-0.2, 0) is 0 Å². The van der Waals surface area contributed by atoms with Gasteiger partial charge in [0, 0.05) is 32.8 Å². The Morgan fingerprint density at radius 1 is 0.511 bits per heavy atom. The van der Waals surface area contributed by atoms with Crippen LogP contribution in [0.5, 0.6) is 0 Å². The number of nitriles is 1. The van der Waals surface area contributed by atoms with Gasteiger partial charge in [0.15, 0.2) is 17.5 Å². The minimum absolute atomic E-state index is 0.0124. The average molecular weight is 607 g/mol. The van der Waals surface area contributed by atoms with Crippen molar-refractivity contribution in [1.29, 1.82) is 5.26 Å². The van der Waals surface area contributed by atoms with E-state index >= 15 is 0 Å². The summed E-state index contributed by atoms with van der Waals surface area (Å²) in [4.78, 5) is 14.7. The molecule has 0 spiro atoms. The van der Waals surface area contributed by atoms with Crippen LogP contribution in [0.3, 0.4) is 0 Å². The molecular formula is C42H24N4O. The molecule has 0 N–H and O–H groups in total. The van der Waals surface area contributed by atoms with E-state index in [-0.39, 0.29) is 51.5 Å². The monoisotopic (exact) mass is 606 g/mol. The summed E-state index contributed by atoms with van der Waals surface area (Å²) in [7, 11) is 0. The number of rotatable bonds is 4. The van der Waals surface area contributed by atoms with Gasteiger partial charge in [-0.3, -0.25) is 0 Å². The Morgan fingerprint density at radius 3 is 1.98 bits per heavy atom. The largest absolute Gasteiger partial charge is 0.456 e. The zero-order chi connectivity index (χ0) is 36.5. The maximum Gasteiger partial charge on any atom is 0.164 e. The molecule has 0 amide bonds. The fourth-order valence-electron chi connectivity index (χ4n) is 6.24. The maximum atomic E-state index is 10.1. The van der Waals surface area contributed by atoms with Crippen molar-refractivity contribution in [3.8, 4) is 51.4 Å². The number of benzene rings is 7. The normalized spacial score (nSPS) is 13.2. The molecule has 0 saturated heterocycles. The Morgan fingerprint density at radius 2 is 1.15 bits per heavy atom. The van der Waals surface area contributed by atoms with Gasteiger partial charge in [-0.15, -0.1) is 0 Å². The third-order valence-corrected chi connectivity index (χ3v) is 8.33. The Hall–Kier alpha value is -6.64. The molecule has 9 aromatic rings. The summed E-state index contributed by atoms with van der Waals surface area (Å²) in [5.74, 6) is 0.490. The molecule has 0 aliphatic rings. The first-order chi connectivity index (χ1) is 25.8. The lowest BCUT2D eigenvalue weighted by Gasteiger charge is -2.14. The van der Waals surface area contributed by atoms with Crippen molar-refractivity contribution in [2.45, 2.75) is 0 Å². The molecule has 0 fully saturated rings. The second kappa shape index (κ2) is 10.8. The highest BCUT2D eigenvalue weighted by Gasteiger charge is 2.19. The molecule has 9 rings (SSSR count). The van der Waals surface area contributed by atoms with Crippen molar-refractivity contribution < 1.29 is 12.6 Å². The molecule has 0 saturated carbocycles. The number of fused-ring (bicyclic) bond motifs is 5. The van der Waals surface area contributed by atoms with E-state index < -0.39 is 24.2 Å². The van der Waals surface area contributed by atoms with E-state index in [1.165, 1.54) is 0 Å². The zero-order valence-electron chi connectivity index (χ0n) is 30.6. The summed E-state index contributed by atoms with van der Waals surface area (Å²) in [5.41, 5.74) is 3.41. The first-order valence-electron chi connectivity index (χ1n) is 17.9. The van der Waals surface area contributed by atoms with Crippen molar-refractivity contribution in [3.63, 3.8) is 0 Å². The predicted octanol–water partition coefficient (Wildman–Crippen LogP) is 10.6. The third kappa shape index (κ3) is 4.35. The lowest BCUT2D eigenvalue weighted by atomic mass is 9.90. The van der Waals surface area contributed by atoms with E-state index in [4.69, 9.17) is 23.5 Å². The van der Waals surface area contributed by atoms with Gasteiger partial charge in [-0.2, -0.15) is 5.26 Å². The van der Waals surface area contributed by atoms with Crippen LogP contribution in [0.4, 0.5) is 0 Å². The molecule has 2 heterocycles. The summed E-state index contributed by atoms with van der Waals surface area (Å²) in [6.07, 6.45) is 0. The molecule has 5 nitrogen and oxygen atoms in total. The lowest BCUT2D eigenvalue weighted by molar-refractivity contribution is 0.669. The number of aromatic nitrogens is 3. The van der Waals surface area contributed by atoms with Crippen LogP contribution in [0.1, 0.15) is 13.8 Å². The van der Waals surface area contributed by atoms with E-state index in [0.29, 0.717) is 44.2 Å². The highest BCUT2D eigenvalue weighted by Crippen LogP contribution is 2.40. The van der Waals surface area contributed by atoms with Gasteiger partial charge < -0.3 is 4.42 Å². The summed E-state index contributed by atoms with van der Waals surface area (Å²) in [6.45, 7) is 0. The standard InChI is InChI=1S/C42H24N4O/c43-25-28-15-6-13-26-14-7-20-32(38(26)28)30-18-8-19-31-29(30)17-9-21-33(31)41-44-40(27-11-2-1-3-12-27)45-42(46-41)35-22-10-24-37-39(35)34-16-4-5-23-36(34)47-37/h1-24H/i8D,9D,17D,18D,19D,21D. The van der Waals surface area contributed by atoms with Gasteiger partial charge >= 0.3 is 0 Å². The highest BCUT2D eigenvalue weighted by molar-refractivity contribution is 6.12. The van der Waals surface area contributed by atoms with Crippen molar-refractivity contribution >= 4 is 43.5 Å². The molecule has 2 aromatic heterocycles. The SMILES string of the molecule is [2H]c1c([2H])c(-c2cccc3cccc(C#N)c23)c2c([2H])c([2H])c([2H])c(-c3nc(-c4ccccc4)nc(-c4cccc5oc6ccccc6c45)n3)c2c1[2H]. The van der Waals surface area contributed by atoms with E-state index in [1.807, 2.05) is 84.9 Å². The van der Waals surface area contributed by atoms with Gasteiger partial charge in [-0.05, 0) is 45.5 Å². The van der Waals surface area contributed by atoms with E-state index in [2.05, 4.69) is 6.07 Å². The Bertz CT molecular complexity index is 3040. The average Bonchev–Trinajstić information content (AvgIpc) is 3.58. The molecule has 0 atom stereocenters. The van der Waals surface area contributed by atoms with Crippen LogP contribution in [0.2, 0.25) is 0 Å². The summed E-state index contributed by atoms with van der Waals surface area (Å²) in [6, 6.07) is 32.8. The molecule has 5 heteroatoms. The highest BCUT2D eigenvalue weighted by atomic mass is 16.3. The van der Waals surface area contributed by atoms with Crippen LogP contribution in [-0.4, -0.2) is 15.0 Å². The second-order valence-corrected chi connectivity index (χ2v) is 11.0. The first kappa shape index (κ1) is 21.2. The number of hydrogen-bond acceptors (Lipinski definition) is 5. The predicted molar refractivity (Wildman–Crippen MR) is 189 cm³/mol. The molecule has 7 aromatic carbocycles. The smallest absolute Gasteiger partial charge is 0.164 e. The lowest BCUT2D eigenvalue weighted by Crippen LogP contribution is -2.01. The quantitative estimate of drug-likeness (QED) is 0.199. The Kier molecular flexibility index (Phi) is 4.85. The minimum Gasteiger partial charge on any atom is -0.456 e. The molecular weight excluding hydrogens is 576 g/mol. The van der Waals surface area contributed by atoms with Gasteiger partial charge in [0.25, 0.3) is 0 Å².